The number of aromatic nitrogens is 1. The standard InChI is InChI=1S/C24H19F4N3O4/c1-31-19(12-8-13(24(26,27)28)10-14(25)9-12)11-17(20(32)23(31)35)21(33)29-7-6-16-15-4-2-3-5-18(15)30-22(16)34/h2-5,8-11,16,32H,6-7H2,1H3,(H,29,33)(H,30,34). The first-order valence-corrected chi connectivity index (χ1v) is 10.5. The van der Waals surface area contributed by atoms with Crippen molar-refractivity contribution in [2.75, 3.05) is 11.9 Å². The predicted octanol–water partition coefficient (Wildman–Crippen LogP) is 3.77. The molecule has 7 nitrogen and oxygen atoms in total. The maximum absolute atomic E-state index is 13.9. The number of anilines is 1. The van der Waals surface area contributed by atoms with Crippen LogP contribution in [0.1, 0.15) is 33.8 Å². The number of benzene rings is 2. The van der Waals surface area contributed by atoms with E-state index in [1.165, 1.54) is 7.05 Å². The minimum Gasteiger partial charge on any atom is -0.502 e. The van der Waals surface area contributed by atoms with Gasteiger partial charge in [-0.1, -0.05) is 18.2 Å². The molecule has 3 N–H and O–H groups in total. The molecule has 0 aliphatic carbocycles. The molecule has 0 fully saturated rings. The van der Waals surface area contributed by atoms with E-state index < -0.39 is 46.3 Å². The number of fused-ring (bicyclic) bond motifs is 1. The third kappa shape index (κ3) is 4.61. The molecule has 1 atom stereocenters. The van der Waals surface area contributed by atoms with Crippen LogP contribution < -0.4 is 16.2 Å². The Morgan fingerprint density at radius 1 is 1.14 bits per heavy atom. The molecule has 4 rings (SSSR count). The second kappa shape index (κ2) is 8.90. The normalized spacial score (nSPS) is 15.0. The molecule has 0 radical (unpaired) electrons. The van der Waals surface area contributed by atoms with Crippen molar-refractivity contribution in [2.45, 2.75) is 18.5 Å². The molecule has 2 amide bonds. The summed E-state index contributed by atoms with van der Waals surface area (Å²) in [7, 11) is 1.17. The number of rotatable bonds is 5. The average molecular weight is 489 g/mol. The molecule has 35 heavy (non-hydrogen) atoms. The van der Waals surface area contributed by atoms with Gasteiger partial charge in [-0.05, 0) is 42.3 Å². The fraction of sp³-hybridized carbons (Fsp3) is 0.208. The highest BCUT2D eigenvalue weighted by Crippen LogP contribution is 2.35. The SMILES string of the molecule is Cn1c(-c2cc(F)cc(C(F)(F)F)c2)cc(C(=O)NCCC2C(=O)Nc3ccccc32)c(O)c1=O. The lowest BCUT2D eigenvalue weighted by molar-refractivity contribution is -0.137. The number of aromatic hydroxyl groups is 1. The van der Waals surface area contributed by atoms with Gasteiger partial charge < -0.3 is 20.3 Å². The van der Waals surface area contributed by atoms with Crippen molar-refractivity contribution in [3.8, 4) is 17.0 Å². The molecule has 2 aromatic carbocycles. The Morgan fingerprint density at radius 2 is 1.86 bits per heavy atom. The Morgan fingerprint density at radius 3 is 2.57 bits per heavy atom. The predicted molar refractivity (Wildman–Crippen MR) is 119 cm³/mol. The van der Waals surface area contributed by atoms with E-state index in [1.807, 2.05) is 0 Å². The largest absolute Gasteiger partial charge is 0.502 e. The number of halogens is 4. The van der Waals surface area contributed by atoms with Crippen LogP contribution in [0.3, 0.4) is 0 Å². The lowest BCUT2D eigenvalue weighted by Crippen LogP contribution is -2.29. The molecule has 0 saturated heterocycles. The average Bonchev–Trinajstić information content (AvgIpc) is 3.11. The molecule has 3 aromatic rings. The van der Waals surface area contributed by atoms with Gasteiger partial charge in [0.25, 0.3) is 11.5 Å². The van der Waals surface area contributed by atoms with Crippen LogP contribution in [-0.2, 0) is 18.0 Å². The molecule has 11 heteroatoms. The van der Waals surface area contributed by atoms with Gasteiger partial charge >= 0.3 is 6.18 Å². The van der Waals surface area contributed by atoms with Gasteiger partial charge in [-0.3, -0.25) is 14.4 Å². The first-order chi connectivity index (χ1) is 16.5. The van der Waals surface area contributed by atoms with E-state index in [2.05, 4.69) is 10.6 Å². The molecule has 0 saturated carbocycles. The number of para-hydroxylation sites is 1. The van der Waals surface area contributed by atoms with E-state index in [0.717, 1.165) is 22.3 Å². The van der Waals surface area contributed by atoms with Crippen LogP contribution in [0.15, 0.2) is 53.3 Å². The van der Waals surface area contributed by atoms with Crippen LogP contribution in [0.4, 0.5) is 23.2 Å². The van der Waals surface area contributed by atoms with E-state index in [0.29, 0.717) is 17.8 Å². The second-order valence-electron chi connectivity index (χ2n) is 8.06. The lowest BCUT2D eigenvalue weighted by Gasteiger charge is -2.15. The molecule has 1 aromatic heterocycles. The van der Waals surface area contributed by atoms with Crippen LogP contribution in [0.2, 0.25) is 0 Å². The number of alkyl halides is 3. The number of nitrogens with zero attached hydrogens (tertiary/aromatic N) is 1. The highest BCUT2D eigenvalue weighted by molar-refractivity contribution is 6.03. The maximum atomic E-state index is 13.9. The number of nitrogens with one attached hydrogen (secondary N) is 2. The fourth-order valence-corrected chi connectivity index (χ4v) is 4.02. The number of hydrogen-bond acceptors (Lipinski definition) is 4. The Labute approximate surface area is 196 Å². The summed E-state index contributed by atoms with van der Waals surface area (Å²) < 4.78 is 54.1. The molecule has 182 valence electrons. The summed E-state index contributed by atoms with van der Waals surface area (Å²) in [6.45, 7) is 0.00737. The lowest BCUT2D eigenvalue weighted by atomic mass is 9.97. The van der Waals surface area contributed by atoms with Gasteiger partial charge in [-0.25, -0.2) is 4.39 Å². The fourth-order valence-electron chi connectivity index (χ4n) is 4.02. The van der Waals surface area contributed by atoms with Gasteiger partial charge in [0.15, 0.2) is 5.75 Å². The van der Waals surface area contributed by atoms with E-state index in [9.17, 15) is 37.1 Å². The Bertz CT molecular complexity index is 1400. The summed E-state index contributed by atoms with van der Waals surface area (Å²) >= 11 is 0. The van der Waals surface area contributed by atoms with Gasteiger partial charge in [0, 0.05) is 24.8 Å². The third-order valence-electron chi connectivity index (χ3n) is 5.80. The minimum absolute atomic E-state index is 0.00737. The Kier molecular flexibility index (Phi) is 6.10. The van der Waals surface area contributed by atoms with Crippen molar-refractivity contribution in [3.05, 3.63) is 81.4 Å². The minimum atomic E-state index is -4.84. The molecule has 1 unspecified atom stereocenters. The molecule has 2 heterocycles. The molecule has 1 aliphatic rings. The zero-order valence-electron chi connectivity index (χ0n) is 18.2. The van der Waals surface area contributed by atoms with Crippen molar-refractivity contribution in [1.82, 2.24) is 9.88 Å². The first-order valence-electron chi connectivity index (χ1n) is 10.5. The van der Waals surface area contributed by atoms with Gasteiger partial charge in [0.05, 0.1) is 22.7 Å². The van der Waals surface area contributed by atoms with E-state index in [1.54, 1.807) is 24.3 Å². The number of carbonyl (C=O) groups is 2. The molecule has 0 spiro atoms. The third-order valence-corrected chi connectivity index (χ3v) is 5.80. The van der Waals surface area contributed by atoms with E-state index in [-0.39, 0.29) is 30.1 Å². The summed E-state index contributed by atoms with van der Waals surface area (Å²) in [4.78, 5) is 37.4. The van der Waals surface area contributed by atoms with Crippen molar-refractivity contribution in [2.24, 2.45) is 7.05 Å². The van der Waals surface area contributed by atoms with Crippen molar-refractivity contribution >= 4 is 17.5 Å². The van der Waals surface area contributed by atoms with Gasteiger partial charge in [0.2, 0.25) is 5.91 Å². The molecular weight excluding hydrogens is 470 g/mol. The summed E-state index contributed by atoms with van der Waals surface area (Å²) in [5, 5.41) is 15.5. The molecule has 0 bridgehead atoms. The highest BCUT2D eigenvalue weighted by Gasteiger charge is 2.32. The number of hydrogen-bond donors (Lipinski definition) is 3. The topological polar surface area (TPSA) is 100 Å². The summed E-state index contributed by atoms with van der Waals surface area (Å²) in [6.07, 6.45) is -4.61. The van der Waals surface area contributed by atoms with Crippen LogP contribution in [0.25, 0.3) is 11.3 Å². The van der Waals surface area contributed by atoms with Crippen LogP contribution in [0.5, 0.6) is 5.75 Å². The maximum Gasteiger partial charge on any atom is 0.416 e. The monoisotopic (exact) mass is 489 g/mol. The van der Waals surface area contributed by atoms with Crippen LogP contribution >= 0.6 is 0 Å². The molecular formula is C24H19F4N3O4. The van der Waals surface area contributed by atoms with Crippen molar-refractivity contribution in [1.29, 1.82) is 0 Å². The summed E-state index contributed by atoms with van der Waals surface area (Å²) in [5.74, 6) is -3.71. The van der Waals surface area contributed by atoms with Gasteiger partial charge in [-0.2, -0.15) is 13.2 Å². The molecule has 1 aliphatic heterocycles. The first kappa shape index (κ1) is 24.0. The van der Waals surface area contributed by atoms with Crippen molar-refractivity contribution < 1.29 is 32.3 Å². The Balaban J connectivity index is 1.59. The summed E-state index contributed by atoms with van der Waals surface area (Å²) in [5.41, 5.74) is -1.86. The van der Waals surface area contributed by atoms with Gasteiger partial charge in [0.1, 0.15) is 5.82 Å². The zero-order valence-corrected chi connectivity index (χ0v) is 18.2. The van der Waals surface area contributed by atoms with Gasteiger partial charge in [-0.15, -0.1) is 0 Å². The van der Waals surface area contributed by atoms with Crippen LogP contribution in [-0.4, -0.2) is 28.0 Å². The number of amides is 2. The highest BCUT2D eigenvalue weighted by atomic mass is 19.4. The zero-order chi connectivity index (χ0) is 25.5. The number of carbonyl (C=O) groups excluding carboxylic acids is 2. The summed E-state index contributed by atoms with van der Waals surface area (Å²) in [6, 6.07) is 9.85. The van der Waals surface area contributed by atoms with E-state index >= 15 is 0 Å². The Hall–Kier alpha value is -4.15. The number of pyridine rings is 1. The van der Waals surface area contributed by atoms with E-state index in [4.69, 9.17) is 0 Å². The van der Waals surface area contributed by atoms with Crippen molar-refractivity contribution in [3.63, 3.8) is 0 Å². The quantitative estimate of drug-likeness (QED) is 0.475. The smallest absolute Gasteiger partial charge is 0.416 e. The van der Waals surface area contributed by atoms with Crippen LogP contribution in [0, 0.1) is 5.82 Å². The second-order valence-corrected chi connectivity index (χ2v) is 8.06.